The molecule has 1 aliphatic carbocycles. The highest BCUT2D eigenvalue weighted by molar-refractivity contribution is 5.67. The van der Waals surface area contributed by atoms with E-state index in [1.807, 2.05) is 0 Å². The van der Waals surface area contributed by atoms with Gasteiger partial charge in [0.15, 0.2) is 11.2 Å². The van der Waals surface area contributed by atoms with E-state index >= 15 is 0 Å². The van der Waals surface area contributed by atoms with E-state index in [1.54, 1.807) is 4.68 Å². The van der Waals surface area contributed by atoms with Crippen molar-refractivity contribution in [2.24, 2.45) is 11.8 Å². The average Bonchev–Trinajstić information content (AvgIpc) is 2.98. The molecular weight excluding hydrogens is 234 g/mol. The highest BCUT2D eigenvalue weighted by Crippen LogP contribution is 2.31. The first kappa shape index (κ1) is 11.3. The van der Waals surface area contributed by atoms with Gasteiger partial charge < -0.3 is 10.1 Å². The summed E-state index contributed by atoms with van der Waals surface area (Å²) in [5.41, 5.74) is 0.561. The maximum atomic E-state index is 11.5. The summed E-state index contributed by atoms with van der Waals surface area (Å²) < 4.78 is 1.69. The van der Waals surface area contributed by atoms with Crippen LogP contribution in [0.25, 0.3) is 11.2 Å². The van der Waals surface area contributed by atoms with Gasteiger partial charge in [-0.25, -0.2) is 9.67 Å². The van der Waals surface area contributed by atoms with E-state index in [4.69, 9.17) is 5.11 Å². The van der Waals surface area contributed by atoms with Crippen LogP contribution in [0.1, 0.15) is 19.3 Å². The number of H-pyrrole nitrogens is 1. The molecule has 2 heterocycles. The zero-order valence-electron chi connectivity index (χ0n) is 9.91. The number of aromatic amines is 1. The van der Waals surface area contributed by atoms with E-state index in [-0.39, 0.29) is 17.7 Å². The first-order valence-corrected chi connectivity index (χ1v) is 6.15. The Morgan fingerprint density at radius 2 is 2.28 bits per heavy atom. The number of nitrogens with one attached hydrogen (secondary N) is 1. The van der Waals surface area contributed by atoms with Gasteiger partial charge in [0.2, 0.25) is 0 Å². The Hall–Kier alpha value is -1.76. The minimum absolute atomic E-state index is 0.256. The van der Waals surface area contributed by atoms with E-state index in [2.05, 4.69) is 20.3 Å². The second kappa shape index (κ2) is 4.49. The minimum Gasteiger partial charge on any atom is -0.396 e. The van der Waals surface area contributed by atoms with Gasteiger partial charge in [0, 0.05) is 13.2 Å². The number of aromatic nitrogens is 5. The van der Waals surface area contributed by atoms with E-state index in [0.717, 1.165) is 19.3 Å². The van der Waals surface area contributed by atoms with Crippen molar-refractivity contribution in [2.75, 3.05) is 6.61 Å². The summed E-state index contributed by atoms with van der Waals surface area (Å²) in [6.07, 6.45) is 4.51. The molecule has 3 rings (SSSR count). The second-order valence-corrected chi connectivity index (χ2v) is 4.90. The monoisotopic (exact) mass is 249 g/mol. The highest BCUT2D eigenvalue weighted by atomic mass is 16.3. The third-order valence-electron chi connectivity index (χ3n) is 3.65. The van der Waals surface area contributed by atoms with Gasteiger partial charge in [-0.05, 0) is 31.1 Å². The molecule has 1 saturated carbocycles. The van der Waals surface area contributed by atoms with Crippen molar-refractivity contribution in [3.05, 3.63) is 16.7 Å². The molecule has 0 spiro atoms. The molecule has 2 atom stereocenters. The molecule has 0 bridgehead atoms. The number of aliphatic hydroxyl groups excluding tert-OH is 1. The first-order chi connectivity index (χ1) is 8.78. The number of fused-ring (bicyclic) bond motifs is 1. The third-order valence-corrected chi connectivity index (χ3v) is 3.65. The van der Waals surface area contributed by atoms with Crippen LogP contribution in [0.3, 0.4) is 0 Å². The summed E-state index contributed by atoms with van der Waals surface area (Å²) in [5.74, 6) is 0.884. The number of nitrogens with zero attached hydrogens (tertiary/aromatic N) is 4. The molecule has 0 aliphatic heterocycles. The third kappa shape index (κ3) is 1.90. The Morgan fingerprint density at radius 1 is 1.44 bits per heavy atom. The predicted octanol–water partition coefficient (Wildman–Crippen LogP) is -0.0768. The molecule has 2 aromatic rings. The number of rotatable bonds is 3. The molecule has 0 aromatic carbocycles. The Kier molecular flexibility index (Phi) is 2.83. The fourth-order valence-corrected chi connectivity index (χ4v) is 2.68. The molecule has 0 radical (unpaired) electrons. The van der Waals surface area contributed by atoms with Crippen molar-refractivity contribution in [1.82, 2.24) is 25.0 Å². The van der Waals surface area contributed by atoms with Crippen LogP contribution in [0.4, 0.5) is 0 Å². The quantitative estimate of drug-likeness (QED) is 0.793. The van der Waals surface area contributed by atoms with Crippen molar-refractivity contribution in [2.45, 2.75) is 25.8 Å². The lowest BCUT2D eigenvalue weighted by atomic mass is 10.1. The second-order valence-electron chi connectivity index (χ2n) is 4.90. The molecule has 18 heavy (non-hydrogen) atoms. The lowest BCUT2D eigenvalue weighted by Crippen LogP contribution is -2.12. The Bertz CT molecular complexity index is 605. The van der Waals surface area contributed by atoms with Gasteiger partial charge in [-0.2, -0.15) is 0 Å². The van der Waals surface area contributed by atoms with Crippen LogP contribution in [0.2, 0.25) is 0 Å². The van der Waals surface area contributed by atoms with E-state index < -0.39 is 0 Å². The van der Waals surface area contributed by atoms with Crippen molar-refractivity contribution < 1.29 is 5.11 Å². The van der Waals surface area contributed by atoms with Crippen LogP contribution < -0.4 is 5.56 Å². The fraction of sp³-hybridized carbons (Fsp3) is 0.636. The Labute approximate surface area is 103 Å². The van der Waals surface area contributed by atoms with Gasteiger partial charge in [0.1, 0.15) is 0 Å². The SMILES string of the molecule is O=c1[nH]cnc2c1nnn2CC1CCC(CO)C1. The summed E-state index contributed by atoms with van der Waals surface area (Å²) in [6.45, 7) is 0.968. The maximum Gasteiger partial charge on any atom is 0.280 e. The van der Waals surface area contributed by atoms with Crippen molar-refractivity contribution in [3.8, 4) is 0 Å². The number of aliphatic hydroxyl groups is 1. The Morgan fingerprint density at radius 3 is 3.06 bits per heavy atom. The number of hydrogen-bond donors (Lipinski definition) is 2. The van der Waals surface area contributed by atoms with Crippen LogP contribution in [-0.2, 0) is 6.54 Å². The topological polar surface area (TPSA) is 96.7 Å². The lowest BCUT2D eigenvalue weighted by Gasteiger charge is -2.09. The predicted molar refractivity (Wildman–Crippen MR) is 63.9 cm³/mol. The molecule has 0 saturated heterocycles. The minimum atomic E-state index is -0.258. The van der Waals surface area contributed by atoms with Gasteiger partial charge in [-0.3, -0.25) is 4.79 Å². The van der Waals surface area contributed by atoms with Gasteiger partial charge >= 0.3 is 0 Å². The summed E-state index contributed by atoms with van der Waals surface area (Å²) in [5, 5.41) is 17.0. The van der Waals surface area contributed by atoms with Crippen molar-refractivity contribution >= 4 is 11.2 Å². The molecule has 2 aromatic heterocycles. The zero-order valence-corrected chi connectivity index (χ0v) is 9.91. The smallest absolute Gasteiger partial charge is 0.280 e. The van der Waals surface area contributed by atoms with Gasteiger partial charge in [0.05, 0.1) is 6.33 Å². The average molecular weight is 249 g/mol. The first-order valence-electron chi connectivity index (χ1n) is 6.15. The number of hydrogen-bond acceptors (Lipinski definition) is 5. The summed E-state index contributed by atoms with van der Waals surface area (Å²) in [7, 11) is 0. The molecule has 7 heteroatoms. The van der Waals surface area contributed by atoms with Crippen LogP contribution in [0.5, 0.6) is 0 Å². The molecule has 2 N–H and O–H groups in total. The van der Waals surface area contributed by atoms with Gasteiger partial charge in [0.25, 0.3) is 5.56 Å². The van der Waals surface area contributed by atoms with E-state index in [1.165, 1.54) is 6.33 Å². The van der Waals surface area contributed by atoms with Gasteiger partial charge in [-0.1, -0.05) is 5.21 Å². The van der Waals surface area contributed by atoms with Crippen molar-refractivity contribution in [3.63, 3.8) is 0 Å². The summed E-state index contributed by atoms with van der Waals surface area (Å²) in [4.78, 5) is 18.1. The van der Waals surface area contributed by atoms with Crippen LogP contribution in [0.15, 0.2) is 11.1 Å². The summed E-state index contributed by atoms with van der Waals surface area (Å²) in [6, 6.07) is 0. The molecule has 7 nitrogen and oxygen atoms in total. The molecule has 2 unspecified atom stereocenters. The molecule has 1 fully saturated rings. The normalized spacial score (nSPS) is 23.8. The standard InChI is InChI=1S/C11H15N5O2/c17-5-8-2-1-7(3-8)4-16-10-9(14-15-16)11(18)13-6-12-10/h6-8,17H,1-5H2,(H,12,13,18). The van der Waals surface area contributed by atoms with Crippen LogP contribution >= 0.6 is 0 Å². The maximum absolute atomic E-state index is 11.5. The highest BCUT2D eigenvalue weighted by Gasteiger charge is 2.25. The van der Waals surface area contributed by atoms with E-state index in [0.29, 0.717) is 24.0 Å². The zero-order chi connectivity index (χ0) is 12.5. The molecule has 0 amide bonds. The fourth-order valence-electron chi connectivity index (χ4n) is 2.68. The lowest BCUT2D eigenvalue weighted by molar-refractivity contribution is 0.224. The molecule has 1 aliphatic rings. The Balaban J connectivity index is 1.83. The molecular formula is C11H15N5O2. The van der Waals surface area contributed by atoms with Crippen LogP contribution in [0, 0.1) is 11.8 Å². The van der Waals surface area contributed by atoms with Crippen molar-refractivity contribution in [1.29, 1.82) is 0 Å². The van der Waals surface area contributed by atoms with Gasteiger partial charge in [-0.15, -0.1) is 5.10 Å². The van der Waals surface area contributed by atoms with Crippen LogP contribution in [-0.4, -0.2) is 36.7 Å². The molecule has 96 valence electrons. The largest absolute Gasteiger partial charge is 0.396 e. The summed E-state index contributed by atoms with van der Waals surface area (Å²) >= 11 is 0. The van der Waals surface area contributed by atoms with E-state index in [9.17, 15) is 4.79 Å².